The molecule has 20 heavy (non-hydrogen) atoms. The highest BCUT2D eigenvalue weighted by atomic mass is 16.3. The van der Waals surface area contributed by atoms with Gasteiger partial charge in [-0.3, -0.25) is 4.79 Å². The largest absolute Gasteiger partial charge is 0.387 e. The number of aliphatic hydroxyl groups excluding tert-OH is 1. The van der Waals surface area contributed by atoms with E-state index in [1.165, 1.54) is 0 Å². The van der Waals surface area contributed by atoms with Crippen molar-refractivity contribution in [1.82, 2.24) is 0 Å². The van der Waals surface area contributed by atoms with E-state index in [0.717, 1.165) is 16.7 Å². The Balaban J connectivity index is 1.94. The SMILES string of the molecule is CC(=O)c1ccc([C@H]2C=Cc3ccccc3[C@H]2O)cc1. The van der Waals surface area contributed by atoms with Crippen LogP contribution in [0, 0.1) is 0 Å². The Morgan fingerprint density at radius 3 is 2.45 bits per heavy atom. The minimum Gasteiger partial charge on any atom is -0.387 e. The molecular formula is C18H16O2. The topological polar surface area (TPSA) is 37.3 Å². The molecule has 2 atom stereocenters. The van der Waals surface area contributed by atoms with Gasteiger partial charge < -0.3 is 5.11 Å². The molecule has 0 spiro atoms. The van der Waals surface area contributed by atoms with Crippen LogP contribution >= 0.6 is 0 Å². The molecule has 0 fully saturated rings. The Hall–Kier alpha value is -2.19. The van der Waals surface area contributed by atoms with Gasteiger partial charge in [0.05, 0.1) is 6.10 Å². The maximum Gasteiger partial charge on any atom is 0.159 e. The van der Waals surface area contributed by atoms with Crippen molar-refractivity contribution in [3.63, 3.8) is 0 Å². The van der Waals surface area contributed by atoms with Crippen LogP contribution in [0.3, 0.4) is 0 Å². The van der Waals surface area contributed by atoms with Gasteiger partial charge in [0.15, 0.2) is 5.78 Å². The predicted octanol–water partition coefficient (Wildman–Crippen LogP) is 3.73. The number of hydrogen-bond acceptors (Lipinski definition) is 2. The molecule has 2 aromatic carbocycles. The Labute approximate surface area is 118 Å². The Morgan fingerprint density at radius 2 is 1.75 bits per heavy atom. The first-order valence-electron chi connectivity index (χ1n) is 6.73. The molecule has 2 nitrogen and oxygen atoms in total. The smallest absolute Gasteiger partial charge is 0.159 e. The van der Waals surface area contributed by atoms with Crippen LogP contribution in [0.5, 0.6) is 0 Å². The molecule has 1 aliphatic carbocycles. The molecule has 3 rings (SSSR count). The summed E-state index contributed by atoms with van der Waals surface area (Å²) in [5.41, 5.74) is 3.74. The number of aliphatic hydroxyl groups is 1. The van der Waals surface area contributed by atoms with Crippen molar-refractivity contribution in [2.75, 3.05) is 0 Å². The van der Waals surface area contributed by atoms with Crippen LogP contribution in [-0.4, -0.2) is 10.9 Å². The Morgan fingerprint density at radius 1 is 1.05 bits per heavy atom. The maximum atomic E-state index is 11.3. The Kier molecular flexibility index (Phi) is 3.25. The van der Waals surface area contributed by atoms with E-state index < -0.39 is 6.10 Å². The zero-order chi connectivity index (χ0) is 14.1. The van der Waals surface area contributed by atoms with Gasteiger partial charge in [-0.2, -0.15) is 0 Å². The second kappa shape index (κ2) is 5.06. The number of fused-ring (bicyclic) bond motifs is 1. The summed E-state index contributed by atoms with van der Waals surface area (Å²) >= 11 is 0. The summed E-state index contributed by atoms with van der Waals surface area (Å²) in [6, 6.07) is 15.4. The number of benzene rings is 2. The van der Waals surface area contributed by atoms with Crippen LogP contribution in [0.15, 0.2) is 54.6 Å². The molecule has 0 saturated carbocycles. The van der Waals surface area contributed by atoms with Gasteiger partial charge in [0, 0.05) is 11.5 Å². The van der Waals surface area contributed by atoms with E-state index in [0.29, 0.717) is 5.56 Å². The van der Waals surface area contributed by atoms with E-state index >= 15 is 0 Å². The van der Waals surface area contributed by atoms with E-state index in [1.807, 2.05) is 60.7 Å². The van der Waals surface area contributed by atoms with Gasteiger partial charge in [-0.15, -0.1) is 0 Å². The zero-order valence-electron chi connectivity index (χ0n) is 11.3. The van der Waals surface area contributed by atoms with Gasteiger partial charge in [-0.05, 0) is 23.6 Å². The standard InChI is InChI=1S/C18H16O2/c1-12(19)13-6-8-15(9-7-13)17-11-10-14-4-2-3-5-16(14)18(17)20/h2-11,17-18,20H,1H3/t17-,18-/m1/s1. The van der Waals surface area contributed by atoms with Crippen molar-refractivity contribution >= 4 is 11.9 Å². The fraction of sp³-hybridized carbons (Fsp3) is 0.167. The molecular weight excluding hydrogens is 248 g/mol. The third-order valence-electron chi connectivity index (χ3n) is 3.84. The van der Waals surface area contributed by atoms with Crippen molar-refractivity contribution in [3.05, 3.63) is 76.9 Å². The van der Waals surface area contributed by atoms with E-state index in [-0.39, 0.29) is 11.7 Å². The van der Waals surface area contributed by atoms with Crippen LogP contribution in [-0.2, 0) is 0 Å². The predicted molar refractivity (Wildman–Crippen MR) is 79.6 cm³/mol. The lowest BCUT2D eigenvalue weighted by molar-refractivity contribution is 0.101. The molecule has 1 aliphatic rings. The summed E-state index contributed by atoms with van der Waals surface area (Å²) < 4.78 is 0. The van der Waals surface area contributed by atoms with Crippen LogP contribution in [0.25, 0.3) is 6.08 Å². The first kappa shape index (κ1) is 12.8. The van der Waals surface area contributed by atoms with Crippen molar-refractivity contribution in [3.8, 4) is 0 Å². The fourth-order valence-corrected chi connectivity index (χ4v) is 2.67. The molecule has 1 N–H and O–H groups in total. The third-order valence-corrected chi connectivity index (χ3v) is 3.84. The molecule has 0 amide bonds. The molecule has 0 heterocycles. The highest BCUT2D eigenvalue weighted by Crippen LogP contribution is 2.38. The van der Waals surface area contributed by atoms with Gasteiger partial charge in [0.25, 0.3) is 0 Å². The molecule has 0 aromatic heterocycles. The highest BCUT2D eigenvalue weighted by Gasteiger charge is 2.25. The quantitative estimate of drug-likeness (QED) is 0.839. The van der Waals surface area contributed by atoms with E-state index in [4.69, 9.17) is 0 Å². The number of Topliss-reactive ketones (excluding diaryl/α,β-unsaturated/α-hetero) is 1. The van der Waals surface area contributed by atoms with Gasteiger partial charge in [-0.25, -0.2) is 0 Å². The zero-order valence-corrected chi connectivity index (χ0v) is 11.3. The third kappa shape index (κ3) is 2.19. The monoisotopic (exact) mass is 264 g/mol. The van der Waals surface area contributed by atoms with Crippen molar-refractivity contribution < 1.29 is 9.90 Å². The van der Waals surface area contributed by atoms with Crippen LogP contribution in [0.1, 0.15) is 46.0 Å². The molecule has 0 saturated heterocycles. The summed E-state index contributed by atoms with van der Waals surface area (Å²) in [7, 11) is 0. The lowest BCUT2D eigenvalue weighted by atomic mass is 9.82. The molecule has 0 aliphatic heterocycles. The average Bonchev–Trinajstić information content (AvgIpc) is 2.48. The van der Waals surface area contributed by atoms with E-state index in [1.54, 1.807) is 6.92 Å². The summed E-state index contributed by atoms with van der Waals surface area (Å²) in [6.45, 7) is 1.56. The first-order chi connectivity index (χ1) is 9.66. The minimum atomic E-state index is -0.542. The second-order valence-corrected chi connectivity index (χ2v) is 5.14. The van der Waals surface area contributed by atoms with Crippen LogP contribution < -0.4 is 0 Å². The fourth-order valence-electron chi connectivity index (χ4n) is 2.67. The first-order valence-corrected chi connectivity index (χ1v) is 6.73. The van der Waals surface area contributed by atoms with Gasteiger partial charge in [0.1, 0.15) is 0 Å². The van der Waals surface area contributed by atoms with Gasteiger partial charge in [-0.1, -0.05) is 60.7 Å². The second-order valence-electron chi connectivity index (χ2n) is 5.14. The van der Waals surface area contributed by atoms with Crippen LogP contribution in [0.4, 0.5) is 0 Å². The lowest BCUT2D eigenvalue weighted by Crippen LogP contribution is -2.13. The summed E-state index contributed by atoms with van der Waals surface area (Å²) in [4.78, 5) is 11.3. The summed E-state index contributed by atoms with van der Waals surface area (Å²) in [5, 5.41) is 10.5. The van der Waals surface area contributed by atoms with Gasteiger partial charge >= 0.3 is 0 Å². The van der Waals surface area contributed by atoms with E-state index in [2.05, 4.69) is 0 Å². The molecule has 100 valence electrons. The molecule has 0 radical (unpaired) electrons. The number of rotatable bonds is 2. The van der Waals surface area contributed by atoms with Crippen molar-refractivity contribution in [2.45, 2.75) is 18.9 Å². The normalized spacial score (nSPS) is 20.5. The molecule has 0 bridgehead atoms. The Bertz CT molecular complexity index is 668. The number of ketones is 1. The average molecular weight is 264 g/mol. The van der Waals surface area contributed by atoms with Crippen molar-refractivity contribution in [2.24, 2.45) is 0 Å². The van der Waals surface area contributed by atoms with Crippen LogP contribution in [0.2, 0.25) is 0 Å². The molecule has 2 heteroatoms. The van der Waals surface area contributed by atoms with Crippen molar-refractivity contribution in [1.29, 1.82) is 0 Å². The maximum absolute atomic E-state index is 11.3. The minimum absolute atomic E-state index is 0.0571. The molecule has 0 unspecified atom stereocenters. The lowest BCUT2D eigenvalue weighted by Gasteiger charge is -2.26. The molecule has 2 aromatic rings. The summed E-state index contributed by atoms with van der Waals surface area (Å²) in [6.07, 6.45) is 3.53. The number of carbonyl (C=O) groups excluding carboxylic acids is 1. The summed E-state index contributed by atoms with van der Waals surface area (Å²) in [5.74, 6) is -0.00691. The number of carbonyl (C=O) groups is 1. The number of hydrogen-bond donors (Lipinski definition) is 1. The van der Waals surface area contributed by atoms with Gasteiger partial charge in [0.2, 0.25) is 0 Å². The van der Waals surface area contributed by atoms with E-state index in [9.17, 15) is 9.90 Å². The highest BCUT2D eigenvalue weighted by molar-refractivity contribution is 5.94.